The van der Waals surface area contributed by atoms with Gasteiger partial charge in [0.1, 0.15) is 6.10 Å². The number of amides is 3. The molecular formula is C20H29N3O4. The van der Waals surface area contributed by atoms with Crippen molar-refractivity contribution in [3.63, 3.8) is 0 Å². The molecule has 2 aliphatic heterocycles. The fourth-order valence-corrected chi connectivity index (χ4v) is 3.73. The van der Waals surface area contributed by atoms with E-state index >= 15 is 0 Å². The van der Waals surface area contributed by atoms with Gasteiger partial charge in [-0.25, -0.2) is 9.59 Å². The first kappa shape index (κ1) is 19.5. The highest BCUT2D eigenvalue weighted by Gasteiger charge is 2.35. The Morgan fingerprint density at radius 1 is 1.15 bits per heavy atom. The van der Waals surface area contributed by atoms with Crippen LogP contribution in [0.15, 0.2) is 24.3 Å². The fourth-order valence-electron chi connectivity index (χ4n) is 3.73. The van der Waals surface area contributed by atoms with Gasteiger partial charge in [0.05, 0.1) is 19.8 Å². The Morgan fingerprint density at radius 2 is 1.85 bits per heavy atom. The van der Waals surface area contributed by atoms with Gasteiger partial charge in [0, 0.05) is 32.6 Å². The number of urea groups is 1. The Balaban J connectivity index is 1.75. The maximum Gasteiger partial charge on any atom is 0.407 e. The monoisotopic (exact) mass is 375 g/mol. The highest BCUT2D eigenvalue weighted by Crippen LogP contribution is 2.29. The van der Waals surface area contributed by atoms with Gasteiger partial charge in [0.15, 0.2) is 0 Å². The lowest BCUT2D eigenvalue weighted by molar-refractivity contribution is 0.0194. The summed E-state index contributed by atoms with van der Waals surface area (Å²) in [5.74, 6) is 0.143. The van der Waals surface area contributed by atoms with Crippen LogP contribution in [0.1, 0.15) is 30.4 Å². The predicted molar refractivity (Wildman–Crippen MR) is 102 cm³/mol. The molecule has 0 saturated carbocycles. The predicted octanol–water partition coefficient (Wildman–Crippen LogP) is 2.22. The molecule has 2 heterocycles. The standard InChI is InChI=1S/C20H29N3O4/c1-3-15-4-6-16(7-5-15)17-12-18(27-19(24)21-2)14-23(13-17)20(25)22-8-10-26-11-9-22/h4-7,17-18H,3,8-14H2,1-2H3,(H,21,24). The number of rotatable bonds is 3. The SMILES string of the molecule is CCc1ccc(C2CC(OC(=O)NC)CN(C(=O)N3CCOCC3)C2)cc1. The number of alkyl carbamates (subject to hydrolysis) is 1. The van der Waals surface area contributed by atoms with Crippen LogP contribution in [0.4, 0.5) is 9.59 Å². The fraction of sp³-hybridized carbons (Fsp3) is 0.600. The minimum atomic E-state index is -0.458. The molecule has 148 valence electrons. The van der Waals surface area contributed by atoms with Crippen molar-refractivity contribution < 1.29 is 19.1 Å². The molecule has 0 aromatic heterocycles. The number of nitrogens with one attached hydrogen (secondary N) is 1. The molecule has 2 aliphatic rings. The van der Waals surface area contributed by atoms with Crippen molar-refractivity contribution in [3.8, 4) is 0 Å². The maximum absolute atomic E-state index is 13.0. The molecular weight excluding hydrogens is 346 g/mol. The third-order valence-electron chi connectivity index (χ3n) is 5.30. The Morgan fingerprint density at radius 3 is 2.48 bits per heavy atom. The Bertz CT molecular complexity index is 643. The normalized spacial score (nSPS) is 23.0. The van der Waals surface area contributed by atoms with Gasteiger partial charge in [0.25, 0.3) is 0 Å². The zero-order chi connectivity index (χ0) is 19.2. The maximum atomic E-state index is 13.0. The topological polar surface area (TPSA) is 71.1 Å². The molecule has 1 aromatic rings. The molecule has 3 rings (SSSR count). The molecule has 3 amide bonds. The van der Waals surface area contributed by atoms with Gasteiger partial charge < -0.3 is 24.6 Å². The van der Waals surface area contributed by atoms with E-state index in [4.69, 9.17) is 9.47 Å². The van der Waals surface area contributed by atoms with Crippen molar-refractivity contribution in [2.24, 2.45) is 0 Å². The second-order valence-corrected chi connectivity index (χ2v) is 7.09. The molecule has 2 fully saturated rings. The number of hydrogen-bond donors (Lipinski definition) is 1. The van der Waals surface area contributed by atoms with E-state index in [1.54, 1.807) is 7.05 Å². The summed E-state index contributed by atoms with van der Waals surface area (Å²) >= 11 is 0. The molecule has 7 heteroatoms. The molecule has 1 N–H and O–H groups in total. The smallest absolute Gasteiger partial charge is 0.407 e. The van der Waals surface area contributed by atoms with Crippen LogP contribution >= 0.6 is 0 Å². The summed E-state index contributed by atoms with van der Waals surface area (Å²) < 4.78 is 10.9. The third-order valence-corrected chi connectivity index (χ3v) is 5.30. The largest absolute Gasteiger partial charge is 0.444 e. The van der Waals surface area contributed by atoms with Crippen LogP contribution < -0.4 is 5.32 Å². The quantitative estimate of drug-likeness (QED) is 0.879. The molecule has 1 aromatic carbocycles. The summed E-state index contributed by atoms with van der Waals surface area (Å²) in [6.07, 6.45) is 0.932. The van der Waals surface area contributed by atoms with E-state index in [0.717, 1.165) is 6.42 Å². The Hall–Kier alpha value is -2.28. The molecule has 2 atom stereocenters. The van der Waals surface area contributed by atoms with Crippen molar-refractivity contribution in [2.75, 3.05) is 46.4 Å². The molecule has 0 bridgehead atoms. The highest BCUT2D eigenvalue weighted by atomic mass is 16.6. The van der Waals surface area contributed by atoms with E-state index in [1.165, 1.54) is 11.1 Å². The number of carbonyl (C=O) groups excluding carboxylic acids is 2. The number of carbonyl (C=O) groups is 2. The van der Waals surface area contributed by atoms with E-state index in [-0.39, 0.29) is 18.1 Å². The number of benzene rings is 1. The van der Waals surface area contributed by atoms with Crippen molar-refractivity contribution in [1.29, 1.82) is 0 Å². The zero-order valence-corrected chi connectivity index (χ0v) is 16.1. The van der Waals surface area contributed by atoms with Crippen LogP contribution in [-0.4, -0.2) is 74.5 Å². The van der Waals surface area contributed by atoms with Crippen LogP contribution in [0.25, 0.3) is 0 Å². The average Bonchev–Trinajstić information content (AvgIpc) is 2.73. The number of hydrogen-bond acceptors (Lipinski definition) is 4. The molecule has 0 radical (unpaired) electrons. The number of morpholine rings is 1. The number of piperidine rings is 1. The zero-order valence-electron chi connectivity index (χ0n) is 16.1. The Kier molecular flexibility index (Phi) is 6.55. The third kappa shape index (κ3) is 4.91. The lowest BCUT2D eigenvalue weighted by Crippen LogP contribution is -2.54. The van der Waals surface area contributed by atoms with Crippen molar-refractivity contribution in [2.45, 2.75) is 31.8 Å². The molecule has 7 nitrogen and oxygen atoms in total. The minimum absolute atomic E-state index is 0.00122. The first-order chi connectivity index (χ1) is 13.1. The van der Waals surface area contributed by atoms with Gasteiger partial charge in [-0.05, 0) is 24.0 Å². The number of nitrogens with zero attached hydrogens (tertiary/aromatic N) is 2. The first-order valence-corrected chi connectivity index (χ1v) is 9.69. The first-order valence-electron chi connectivity index (χ1n) is 9.69. The van der Waals surface area contributed by atoms with Gasteiger partial charge in [-0.3, -0.25) is 0 Å². The highest BCUT2D eigenvalue weighted by molar-refractivity contribution is 5.75. The molecule has 2 saturated heterocycles. The molecule has 2 unspecified atom stereocenters. The van der Waals surface area contributed by atoms with Gasteiger partial charge in [-0.15, -0.1) is 0 Å². The van der Waals surface area contributed by atoms with Gasteiger partial charge in [-0.2, -0.15) is 0 Å². The molecule has 0 spiro atoms. The average molecular weight is 375 g/mol. The second kappa shape index (κ2) is 9.08. The van der Waals surface area contributed by atoms with E-state index in [0.29, 0.717) is 45.8 Å². The van der Waals surface area contributed by atoms with Crippen LogP contribution in [0, 0.1) is 0 Å². The van der Waals surface area contributed by atoms with Crippen LogP contribution in [0.5, 0.6) is 0 Å². The van der Waals surface area contributed by atoms with Gasteiger partial charge in [0.2, 0.25) is 0 Å². The lowest BCUT2D eigenvalue weighted by atomic mass is 9.88. The van der Waals surface area contributed by atoms with E-state index in [2.05, 4.69) is 36.5 Å². The van der Waals surface area contributed by atoms with Gasteiger partial charge in [-0.1, -0.05) is 31.2 Å². The van der Waals surface area contributed by atoms with Crippen LogP contribution in [-0.2, 0) is 15.9 Å². The summed E-state index contributed by atoms with van der Waals surface area (Å²) in [6, 6.07) is 8.52. The number of aryl methyl sites for hydroxylation is 1. The second-order valence-electron chi connectivity index (χ2n) is 7.09. The number of likely N-dealkylation sites (tertiary alicyclic amines) is 1. The summed E-state index contributed by atoms with van der Waals surface area (Å²) in [5.41, 5.74) is 2.46. The molecule has 27 heavy (non-hydrogen) atoms. The van der Waals surface area contributed by atoms with E-state index < -0.39 is 6.09 Å². The van der Waals surface area contributed by atoms with E-state index in [1.807, 2.05) is 9.80 Å². The number of ether oxygens (including phenoxy) is 2. The molecule has 0 aliphatic carbocycles. The summed E-state index contributed by atoms with van der Waals surface area (Å²) in [5, 5.41) is 2.50. The summed E-state index contributed by atoms with van der Waals surface area (Å²) in [4.78, 5) is 28.3. The summed E-state index contributed by atoms with van der Waals surface area (Å²) in [7, 11) is 1.54. The van der Waals surface area contributed by atoms with E-state index in [9.17, 15) is 9.59 Å². The Labute approximate surface area is 160 Å². The van der Waals surface area contributed by atoms with Crippen molar-refractivity contribution in [1.82, 2.24) is 15.1 Å². The van der Waals surface area contributed by atoms with Crippen LogP contribution in [0.2, 0.25) is 0 Å². The van der Waals surface area contributed by atoms with Crippen LogP contribution in [0.3, 0.4) is 0 Å². The van der Waals surface area contributed by atoms with Crippen molar-refractivity contribution >= 4 is 12.1 Å². The minimum Gasteiger partial charge on any atom is -0.444 e. The van der Waals surface area contributed by atoms with Crippen molar-refractivity contribution in [3.05, 3.63) is 35.4 Å². The van der Waals surface area contributed by atoms with Gasteiger partial charge >= 0.3 is 12.1 Å². The lowest BCUT2D eigenvalue weighted by Gasteiger charge is -2.40. The summed E-state index contributed by atoms with van der Waals surface area (Å²) in [6.45, 7) is 5.53.